The Bertz CT molecular complexity index is 609. The fourth-order valence-electron chi connectivity index (χ4n) is 1.51. The van der Waals surface area contributed by atoms with Crippen LogP contribution in [0.1, 0.15) is 16.1 Å². The third-order valence-corrected chi connectivity index (χ3v) is 3.49. The summed E-state index contributed by atoms with van der Waals surface area (Å²) in [5, 5.41) is 1.56. The lowest BCUT2D eigenvalue weighted by molar-refractivity contribution is -0.137. The second-order valence-electron chi connectivity index (χ2n) is 3.64. The summed E-state index contributed by atoms with van der Waals surface area (Å²) >= 11 is 6.37. The van der Waals surface area contributed by atoms with Gasteiger partial charge in [0.15, 0.2) is 5.78 Å². The number of carbonyl (C=O) groups is 1. The van der Waals surface area contributed by atoms with E-state index in [4.69, 9.17) is 11.6 Å². The summed E-state index contributed by atoms with van der Waals surface area (Å²) in [6, 6.07) is 5.12. The molecule has 1 heterocycles. The zero-order valence-electron chi connectivity index (χ0n) is 9.37. The molecule has 0 fully saturated rings. The molecule has 2 nitrogen and oxygen atoms in total. The standard InChI is InChI=1S/C12H7ClF3NOS/c13-5-10(18)9-6-19-11(17-9)7-3-1-2-4-8(7)12(14,15)16/h1-4,6H,5H2. The van der Waals surface area contributed by atoms with Crippen molar-refractivity contribution in [2.45, 2.75) is 6.18 Å². The zero-order chi connectivity index (χ0) is 14.0. The average molecular weight is 306 g/mol. The average Bonchev–Trinajstić information content (AvgIpc) is 2.86. The van der Waals surface area contributed by atoms with Crippen molar-refractivity contribution in [1.82, 2.24) is 4.98 Å². The summed E-state index contributed by atoms with van der Waals surface area (Å²) in [7, 11) is 0. The molecule has 1 aromatic carbocycles. The second-order valence-corrected chi connectivity index (χ2v) is 4.76. The number of alkyl halides is 4. The van der Waals surface area contributed by atoms with E-state index in [1.54, 1.807) is 0 Å². The van der Waals surface area contributed by atoms with Crippen LogP contribution in [0.15, 0.2) is 29.6 Å². The first kappa shape index (κ1) is 14.0. The smallest absolute Gasteiger partial charge is 0.291 e. The Morgan fingerprint density at radius 2 is 2.00 bits per heavy atom. The Balaban J connectivity index is 2.48. The van der Waals surface area contributed by atoms with Crippen LogP contribution in [0, 0.1) is 0 Å². The normalized spacial score (nSPS) is 11.6. The van der Waals surface area contributed by atoms with Gasteiger partial charge in [0.05, 0.1) is 11.4 Å². The minimum absolute atomic E-state index is 0.0337. The highest BCUT2D eigenvalue weighted by Gasteiger charge is 2.34. The molecule has 100 valence electrons. The summed E-state index contributed by atoms with van der Waals surface area (Å²) in [6.45, 7) is 0. The van der Waals surface area contributed by atoms with E-state index in [0.717, 1.165) is 17.4 Å². The Labute approximate surface area is 115 Å². The molecule has 2 rings (SSSR count). The maximum absolute atomic E-state index is 12.9. The Kier molecular flexibility index (Phi) is 3.91. The summed E-state index contributed by atoms with van der Waals surface area (Å²) in [5.74, 6) is -0.655. The maximum atomic E-state index is 12.9. The van der Waals surface area contributed by atoms with Crippen molar-refractivity contribution < 1.29 is 18.0 Å². The molecule has 0 atom stereocenters. The molecule has 0 aliphatic heterocycles. The second kappa shape index (κ2) is 5.30. The van der Waals surface area contributed by atoms with Gasteiger partial charge in [0.2, 0.25) is 0 Å². The van der Waals surface area contributed by atoms with E-state index in [1.165, 1.54) is 23.6 Å². The first-order valence-electron chi connectivity index (χ1n) is 5.14. The molecule has 0 spiro atoms. The molecule has 0 saturated carbocycles. The van der Waals surface area contributed by atoms with Crippen LogP contribution in [-0.2, 0) is 6.18 Å². The molecule has 2 aromatic rings. The van der Waals surface area contributed by atoms with Crippen LogP contribution >= 0.6 is 22.9 Å². The molecular weight excluding hydrogens is 299 g/mol. The first-order chi connectivity index (χ1) is 8.93. The number of nitrogens with zero attached hydrogens (tertiary/aromatic N) is 1. The number of hydrogen-bond acceptors (Lipinski definition) is 3. The van der Waals surface area contributed by atoms with Gasteiger partial charge in [-0.3, -0.25) is 4.79 Å². The van der Waals surface area contributed by atoms with E-state index in [-0.39, 0.29) is 22.1 Å². The molecule has 0 amide bonds. The summed E-state index contributed by atoms with van der Waals surface area (Å²) < 4.78 is 38.6. The number of rotatable bonds is 3. The number of benzene rings is 1. The highest BCUT2D eigenvalue weighted by atomic mass is 35.5. The fourth-order valence-corrected chi connectivity index (χ4v) is 2.51. The third-order valence-electron chi connectivity index (χ3n) is 2.37. The molecule has 7 heteroatoms. The number of ketones is 1. The predicted octanol–water partition coefficient (Wildman–Crippen LogP) is 4.25. The Hall–Kier alpha value is -1.40. The van der Waals surface area contributed by atoms with Gasteiger partial charge < -0.3 is 0 Å². The molecular formula is C12H7ClF3NOS. The van der Waals surface area contributed by atoms with E-state index in [2.05, 4.69) is 4.98 Å². The van der Waals surface area contributed by atoms with Crippen molar-refractivity contribution in [2.75, 3.05) is 5.88 Å². The third kappa shape index (κ3) is 2.96. The van der Waals surface area contributed by atoms with Gasteiger partial charge in [0, 0.05) is 10.9 Å². The van der Waals surface area contributed by atoms with Crippen molar-refractivity contribution in [1.29, 1.82) is 0 Å². The van der Waals surface area contributed by atoms with Crippen molar-refractivity contribution in [3.05, 3.63) is 40.9 Å². The van der Waals surface area contributed by atoms with Crippen LogP contribution in [0.3, 0.4) is 0 Å². The number of halogens is 4. The van der Waals surface area contributed by atoms with Crippen molar-refractivity contribution in [3.63, 3.8) is 0 Å². The lowest BCUT2D eigenvalue weighted by atomic mass is 10.1. The van der Waals surface area contributed by atoms with Crippen LogP contribution in [0.5, 0.6) is 0 Å². The number of carbonyl (C=O) groups excluding carboxylic acids is 1. The van der Waals surface area contributed by atoms with Gasteiger partial charge in [-0.15, -0.1) is 22.9 Å². The number of thiazole rings is 1. The minimum atomic E-state index is -4.46. The van der Waals surface area contributed by atoms with Crippen LogP contribution < -0.4 is 0 Å². The van der Waals surface area contributed by atoms with Crippen LogP contribution in [0.2, 0.25) is 0 Å². The van der Waals surface area contributed by atoms with Crippen LogP contribution in [0.4, 0.5) is 13.2 Å². The number of aromatic nitrogens is 1. The van der Waals surface area contributed by atoms with Gasteiger partial charge >= 0.3 is 6.18 Å². The van der Waals surface area contributed by atoms with E-state index in [1.807, 2.05) is 0 Å². The quantitative estimate of drug-likeness (QED) is 0.627. The van der Waals surface area contributed by atoms with Crippen molar-refractivity contribution in [2.24, 2.45) is 0 Å². The Morgan fingerprint density at radius 3 is 2.63 bits per heavy atom. The van der Waals surface area contributed by atoms with Crippen molar-refractivity contribution >= 4 is 28.7 Å². The molecule has 1 aromatic heterocycles. The monoisotopic (exact) mass is 305 g/mol. The molecule has 0 radical (unpaired) electrons. The van der Waals surface area contributed by atoms with E-state index < -0.39 is 17.5 Å². The van der Waals surface area contributed by atoms with Gasteiger partial charge in [-0.05, 0) is 6.07 Å². The molecule has 19 heavy (non-hydrogen) atoms. The zero-order valence-corrected chi connectivity index (χ0v) is 10.9. The maximum Gasteiger partial charge on any atom is 0.417 e. The number of Topliss-reactive ketones (excluding diaryl/α,β-unsaturated/α-hetero) is 1. The lowest BCUT2D eigenvalue weighted by Crippen LogP contribution is -2.07. The molecule has 0 saturated heterocycles. The Morgan fingerprint density at radius 1 is 1.32 bits per heavy atom. The molecule has 0 N–H and O–H groups in total. The van der Waals surface area contributed by atoms with Crippen molar-refractivity contribution in [3.8, 4) is 10.6 Å². The highest BCUT2D eigenvalue weighted by Crippen LogP contribution is 2.37. The molecule has 0 aliphatic carbocycles. The van der Waals surface area contributed by atoms with Crippen LogP contribution in [-0.4, -0.2) is 16.6 Å². The molecule has 0 bridgehead atoms. The van der Waals surface area contributed by atoms with Crippen LogP contribution in [0.25, 0.3) is 10.6 Å². The van der Waals surface area contributed by atoms with E-state index in [9.17, 15) is 18.0 Å². The summed E-state index contributed by atoms with van der Waals surface area (Å²) in [5.41, 5.74) is -0.713. The van der Waals surface area contributed by atoms with Gasteiger partial charge in [0.1, 0.15) is 10.7 Å². The summed E-state index contributed by atoms with van der Waals surface area (Å²) in [4.78, 5) is 15.2. The van der Waals surface area contributed by atoms with E-state index >= 15 is 0 Å². The highest BCUT2D eigenvalue weighted by molar-refractivity contribution is 7.13. The minimum Gasteiger partial charge on any atom is -0.291 e. The SMILES string of the molecule is O=C(CCl)c1csc(-c2ccccc2C(F)(F)F)n1. The largest absolute Gasteiger partial charge is 0.417 e. The van der Waals surface area contributed by atoms with Gasteiger partial charge in [-0.25, -0.2) is 4.98 Å². The summed E-state index contributed by atoms with van der Waals surface area (Å²) in [6.07, 6.45) is -4.46. The van der Waals surface area contributed by atoms with Gasteiger partial charge in [-0.1, -0.05) is 18.2 Å². The molecule has 0 aliphatic rings. The molecule has 0 unspecified atom stereocenters. The predicted molar refractivity (Wildman–Crippen MR) is 67.6 cm³/mol. The van der Waals surface area contributed by atoms with Gasteiger partial charge in [0.25, 0.3) is 0 Å². The van der Waals surface area contributed by atoms with Gasteiger partial charge in [-0.2, -0.15) is 13.2 Å². The topological polar surface area (TPSA) is 30.0 Å². The first-order valence-corrected chi connectivity index (χ1v) is 6.56. The van der Waals surface area contributed by atoms with E-state index in [0.29, 0.717) is 0 Å². The lowest BCUT2D eigenvalue weighted by Gasteiger charge is -2.10. The fraction of sp³-hybridized carbons (Fsp3) is 0.167. The number of hydrogen-bond donors (Lipinski definition) is 0.